The summed E-state index contributed by atoms with van der Waals surface area (Å²) in [5.74, 6) is -0.502. The molecule has 1 amide bonds. The molecule has 0 saturated carbocycles. The number of carbonyl (C=O) groups excluding carboxylic acids is 1. The molecule has 21 heavy (non-hydrogen) atoms. The molecule has 0 radical (unpaired) electrons. The Morgan fingerprint density at radius 2 is 2.00 bits per heavy atom. The summed E-state index contributed by atoms with van der Waals surface area (Å²) in [5.41, 5.74) is 0.972. The van der Waals surface area contributed by atoms with Gasteiger partial charge in [-0.25, -0.2) is 4.39 Å². The van der Waals surface area contributed by atoms with Crippen molar-refractivity contribution >= 4 is 5.91 Å². The minimum atomic E-state index is -0.707. The smallest absolute Gasteiger partial charge is 0.254 e. The monoisotopic (exact) mass is 284 g/mol. The van der Waals surface area contributed by atoms with Gasteiger partial charge in [0.25, 0.3) is 5.91 Å². The van der Waals surface area contributed by atoms with E-state index in [1.165, 1.54) is 12.1 Å². The number of nitrogens with zero attached hydrogens (tertiary/aromatic N) is 1. The lowest BCUT2D eigenvalue weighted by Gasteiger charge is -2.07. The second kappa shape index (κ2) is 6.53. The van der Waals surface area contributed by atoms with E-state index in [2.05, 4.69) is 5.32 Å². The van der Waals surface area contributed by atoms with Crippen LogP contribution in [0.25, 0.3) is 0 Å². The maximum Gasteiger partial charge on any atom is 0.254 e. The van der Waals surface area contributed by atoms with Gasteiger partial charge in [-0.3, -0.25) is 4.79 Å². The molecule has 4 nitrogen and oxygen atoms in total. The molecule has 0 aliphatic rings. The van der Waals surface area contributed by atoms with Gasteiger partial charge in [-0.05, 0) is 35.9 Å². The quantitative estimate of drug-likeness (QED) is 0.938. The van der Waals surface area contributed by atoms with Crippen LogP contribution in [0, 0.1) is 17.1 Å². The average molecular weight is 284 g/mol. The predicted molar refractivity (Wildman–Crippen MR) is 75.3 cm³/mol. The van der Waals surface area contributed by atoms with Crippen molar-refractivity contribution in [3.8, 4) is 11.8 Å². The maximum atomic E-state index is 13.7. The van der Waals surface area contributed by atoms with Gasteiger partial charge in [-0.2, -0.15) is 5.26 Å². The molecule has 2 aromatic rings. The molecule has 0 aromatic heterocycles. The first-order chi connectivity index (χ1) is 10.1. The highest BCUT2D eigenvalue weighted by Gasteiger charge is 2.11. The van der Waals surface area contributed by atoms with Crippen LogP contribution in [0.3, 0.4) is 0 Å². The summed E-state index contributed by atoms with van der Waals surface area (Å²) in [4.78, 5) is 11.9. The van der Waals surface area contributed by atoms with Crippen molar-refractivity contribution in [3.05, 3.63) is 65.0 Å². The van der Waals surface area contributed by atoms with Crippen LogP contribution < -0.4 is 10.1 Å². The van der Waals surface area contributed by atoms with Crippen LogP contribution in [-0.2, 0) is 6.54 Å². The van der Waals surface area contributed by atoms with Gasteiger partial charge in [0, 0.05) is 6.54 Å². The van der Waals surface area contributed by atoms with E-state index in [0.717, 1.165) is 17.4 Å². The Labute approximate surface area is 121 Å². The topological polar surface area (TPSA) is 62.1 Å². The summed E-state index contributed by atoms with van der Waals surface area (Å²) in [6.07, 6.45) is 0. The molecule has 0 atom stereocenters. The first kappa shape index (κ1) is 14.5. The van der Waals surface area contributed by atoms with Gasteiger partial charge >= 0.3 is 0 Å². The maximum absolute atomic E-state index is 13.7. The highest BCUT2D eigenvalue weighted by molar-refractivity contribution is 5.94. The zero-order chi connectivity index (χ0) is 15.2. The fourth-order valence-corrected chi connectivity index (χ4v) is 1.79. The van der Waals surface area contributed by atoms with Crippen molar-refractivity contribution < 1.29 is 13.9 Å². The molecule has 0 heterocycles. The van der Waals surface area contributed by atoms with Gasteiger partial charge < -0.3 is 10.1 Å². The molecule has 2 rings (SSSR count). The Kier molecular flexibility index (Phi) is 4.52. The fraction of sp³-hybridized carbons (Fsp3) is 0.125. The predicted octanol–water partition coefficient (Wildman–Crippen LogP) is 2.64. The normalized spacial score (nSPS) is 9.76. The zero-order valence-electron chi connectivity index (χ0n) is 11.4. The zero-order valence-corrected chi connectivity index (χ0v) is 11.4. The largest absolute Gasteiger partial charge is 0.497 e. The first-order valence-electron chi connectivity index (χ1n) is 6.25. The van der Waals surface area contributed by atoms with Gasteiger partial charge in [0.2, 0.25) is 0 Å². The van der Waals surface area contributed by atoms with E-state index in [4.69, 9.17) is 10.00 Å². The second-order valence-electron chi connectivity index (χ2n) is 4.34. The summed E-state index contributed by atoms with van der Waals surface area (Å²) in [7, 11) is 1.57. The first-order valence-corrected chi connectivity index (χ1v) is 6.25. The van der Waals surface area contributed by atoms with Gasteiger partial charge in [0.1, 0.15) is 11.6 Å². The summed E-state index contributed by atoms with van der Waals surface area (Å²) < 4.78 is 18.7. The fourth-order valence-electron chi connectivity index (χ4n) is 1.79. The molecule has 0 spiro atoms. The number of amides is 1. The number of carbonyl (C=O) groups is 1. The molecule has 5 heteroatoms. The van der Waals surface area contributed by atoms with Crippen molar-refractivity contribution in [2.45, 2.75) is 6.54 Å². The lowest BCUT2D eigenvalue weighted by atomic mass is 10.1. The number of nitriles is 1. The molecule has 106 valence electrons. The average Bonchev–Trinajstić information content (AvgIpc) is 2.52. The molecule has 0 aliphatic heterocycles. The molecule has 2 aromatic carbocycles. The summed E-state index contributed by atoms with van der Waals surface area (Å²) in [5, 5.41) is 11.3. The van der Waals surface area contributed by atoms with Crippen LogP contribution in [0.1, 0.15) is 21.5 Å². The number of hydrogen-bond donors (Lipinski definition) is 1. The van der Waals surface area contributed by atoms with Crippen LogP contribution in [0.2, 0.25) is 0 Å². The molecule has 0 fully saturated rings. The summed E-state index contributed by atoms with van der Waals surface area (Å²) in [6.45, 7) is 0.280. The third kappa shape index (κ3) is 3.57. The van der Waals surface area contributed by atoms with Crippen LogP contribution in [0.5, 0.6) is 5.75 Å². The number of halogens is 1. The summed E-state index contributed by atoms with van der Waals surface area (Å²) in [6, 6.07) is 12.8. The van der Waals surface area contributed by atoms with Gasteiger partial charge in [-0.1, -0.05) is 12.1 Å². The minimum Gasteiger partial charge on any atom is -0.497 e. The highest BCUT2D eigenvalue weighted by atomic mass is 19.1. The van der Waals surface area contributed by atoms with E-state index in [1.54, 1.807) is 19.2 Å². The molecule has 0 saturated heterocycles. The second-order valence-corrected chi connectivity index (χ2v) is 4.34. The highest BCUT2D eigenvalue weighted by Crippen LogP contribution is 2.12. The summed E-state index contributed by atoms with van der Waals surface area (Å²) >= 11 is 0. The Balaban J connectivity index is 2.03. The third-order valence-electron chi connectivity index (χ3n) is 2.95. The molecular formula is C16H13FN2O2. The third-order valence-corrected chi connectivity index (χ3v) is 2.95. The van der Waals surface area contributed by atoms with Crippen LogP contribution >= 0.6 is 0 Å². The van der Waals surface area contributed by atoms with Gasteiger partial charge in [0.05, 0.1) is 24.3 Å². The lowest BCUT2D eigenvalue weighted by molar-refractivity contribution is 0.0947. The molecule has 0 bridgehead atoms. The molecule has 0 aliphatic carbocycles. The number of ether oxygens (including phenoxy) is 1. The Morgan fingerprint density at radius 1 is 1.29 bits per heavy atom. The number of hydrogen-bond acceptors (Lipinski definition) is 3. The molecular weight excluding hydrogens is 271 g/mol. The van der Waals surface area contributed by atoms with Crippen LogP contribution in [0.4, 0.5) is 4.39 Å². The van der Waals surface area contributed by atoms with Crippen molar-refractivity contribution in [3.63, 3.8) is 0 Å². The Morgan fingerprint density at radius 3 is 2.57 bits per heavy atom. The molecule has 1 N–H and O–H groups in total. The van der Waals surface area contributed by atoms with Crippen molar-refractivity contribution in [2.75, 3.05) is 7.11 Å². The van der Waals surface area contributed by atoms with E-state index in [0.29, 0.717) is 0 Å². The van der Waals surface area contributed by atoms with Crippen LogP contribution in [0.15, 0.2) is 42.5 Å². The van der Waals surface area contributed by atoms with E-state index >= 15 is 0 Å². The number of benzene rings is 2. The van der Waals surface area contributed by atoms with E-state index in [9.17, 15) is 9.18 Å². The number of methoxy groups -OCH3 is 1. The molecule has 0 unspecified atom stereocenters. The lowest BCUT2D eigenvalue weighted by Crippen LogP contribution is -2.23. The van der Waals surface area contributed by atoms with Gasteiger partial charge in [0.15, 0.2) is 0 Å². The minimum absolute atomic E-state index is 0.0810. The van der Waals surface area contributed by atoms with E-state index < -0.39 is 11.7 Å². The SMILES string of the molecule is COc1ccc(CNC(=O)c2ccc(C#N)cc2F)cc1. The van der Waals surface area contributed by atoms with Gasteiger partial charge in [-0.15, -0.1) is 0 Å². The van der Waals surface area contributed by atoms with E-state index in [1.807, 2.05) is 18.2 Å². The van der Waals surface area contributed by atoms with Crippen molar-refractivity contribution in [2.24, 2.45) is 0 Å². The van der Waals surface area contributed by atoms with Crippen molar-refractivity contribution in [1.29, 1.82) is 5.26 Å². The Hall–Kier alpha value is -2.87. The standard InChI is InChI=1S/C16H13FN2O2/c1-21-13-5-2-11(3-6-13)10-19-16(20)14-7-4-12(9-18)8-15(14)17/h2-8H,10H2,1H3,(H,19,20). The van der Waals surface area contributed by atoms with E-state index in [-0.39, 0.29) is 17.7 Å². The number of rotatable bonds is 4. The Bertz CT molecular complexity index is 690. The van der Waals surface area contributed by atoms with Crippen LogP contribution in [-0.4, -0.2) is 13.0 Å². The van der Waals surface area contributed by atoms with Crippen molar-refractivity contribution in [1.82, 2.24) is 5.32 Å². The number of nitrogens with one attached hydrogen (secondary N) is 1.